The average Bonchev–Trinajstić information content (AvgIpc) is 2.44. The van der Waals surface area contributed by atoms with Gasteiger partial charge in [-0.3, -0.25) is 4.79 Å². The second-order valence-electron chi connectivity index (χ2n) is 4.04. The lowest BCUT2D eigenvalue weighted by molar-refractivity contribution is -0.142. The molecule has 2 N–H and O–H groups in total. The SMILES string of the molecule is CCSCc1ccc(C(=O)NCCOCC(=O)O)cc1. The summed E-state index contributed by atoms with van der Waals surface area (Å²) in [6.07, 6.45) is 0. The number of carboxylic acid groups (broad SMARTS) is 1. The number of thioether (sulfide) groups is 1. The van der Waals surface area contributed by atoms with E-state index in [4.69, 9.17) is 9.84 Å². The molecule has 1 aromatic rings. The van der Waals surface area contributed by atoms with Gasteiger partial charge >= 0.3 is 5.97 Å². The van der Waals surface area contributed by atoms with Gasteiger partial charge in [0, 0.05) is 17.9 Å². The molecule has 1 amide bonds. The van der Waals surface area contributed by atoms with Crippen molar-refractivity contribution in [3.05, 3.63) is 35.4 Å². The van der Waals surface area contributed by atoms with Crippen LogP contribution in [0.3, 0.4) is 0 Å². The molecule has 0 aliphatic rings. The van der Waals surface area contributed by atoms with Gasteiger partial charge in [-0.15, -0.1) is 0 Å². The molecule has 20 heavy (non-hydrogen) atoms. The third-order valence-corrected chi connectivity index (χ3v) is 3.39. The Morgan fingerprint density at radius 1 is 1.30 bits per heavy atom. The van der Waals surface area contributed by atoms with Crippen LogP contribution in [-0.4, -0.2) is 42.5 Å². The average molecular weight is 297 g/mol. The molecule has 0 radical (unpaired) electrons. The summed E-state index contributed by atoms with van der Waals surface area (Å²) in [4.78, 5) is 22.0. The van der Waals surface area contributed by atoms with E-state index in [1.165, 1.54) is 5.56 Å². The van der Waals surface area contributed by atoms with Gasteiger partial charge in [0.1, 0.15) is 6.61 Å². The standard InChI is InChI=1S/C14H19NO4S/c1-2-20-10-11-3-5-12(6-4-11)14(18)15-7-8-19-9-13(16)17/h3-6H,2,7-10H2,1H3,(H,15,18)(H,16,17). The van der Waals surface area contributed by atoms with E-state index in [1.54, 1.807) is 12.1 Å². The predicted molar refractivity (Wildman–Crippen MR) is 79.1 cm³/mol. The van der Waals surface area contributed by atoms with Gasteiger partial charge < -0.3 is 15.2 Å². The van der Waals surface area contributed by atoms with Gasteiger partial charge in [0.25, 0.3) is 5.91 Å². The molecular weight excluding hydrogens is 278 g/mol. The number of aliphatic carboxylic acids is 1. The Hall–Kier alpha value is -1.53. The minimum absolute atomic E-state index is 0.182. The summed E-state index contributed by atoms with van der Waals surface area (Å²) in [5.41, 5.74) is 1.78. The molecule has 0 spiro atoms. The number of hydrogen-bond donors (Lipinski definition) is 2. The minimum Gasteiger partial charge on any atom is -0.480 e. The molecule has 0 aliphatic carbocycles. The molecule has 0 aliphatic heterocycles. The molecule has 0 aromatic heterocycles. The van der Waals surface area contributed by atoms with E-state index in [9.17, 15) is 9.59 Å². The van der Waals surface area contributed by atoms with Crippen LogP contribution in [0.25, 0.3) is 0 Å². The molecule has 1 aromatic carbocycles. The Labute approximate surface area is 122 Å². The minimum atomic E-state index is -1.02. The van der Waals surface area contributed by atoms with Crippen LogP contribution in [0.2, 0.25) is 0 Å². The molecule has 0 saturated carbocycles. The van der Waals surface area contributed by atoms with Crippen LogP contribution in [-0.2, 0) is 15.3 Å². The van der Waals surface area contributed by atoms with Crippen molar-refractivity contribution in [3.8, 4) is 0 Å². The second kappa shape index (κ2) is 9.39. The highest BCUT2D eigenvalue weighted by molar-refractivity contribution is 7.98. The topological polar surface area (TPSA) is 75.6 Å². The monoisotopic (exact) mass is 297 g/mol. The van der Waals surface area contributed by atoms with Gasteiger partial charge in [0.2, 0.25) is 0 Å². The van der Waals surface area contributed by atoms with Gasteiger partial charge in [0.15, 0.2) is 0 Å². The van der Waals surface area contributed by atoms with Crippen molar-refractivity contribution in [2.24, 2.45) is 0 Å². The molecule has 0 atom stereocenters. The van der Waals surface area contributed by atoms with Gasteiger partial charge in [-0.2, -0.15) is 11.8 Å². The van der Waals surface area contributed by atoms with Crippen LogP contribution in [0, 0.1) is 0 Å². The first kappa shape index (κ1) is 16.5. The number of ether oxygens (including phenoxy) is 1. The number of hydrogen-bond acceptors (Lipinski definition) is 4. The summed E-state index contributed by atoms with van der Waals surface area (Å²) in [7, 11) is 0. The van der Waals surface area contributed by atoms with Crippen molar-refractivity contribution in [1.82, 2.24) is 5.32 Å². The molecule has 6 heteroatoms. The van der Waals surface area contributed by atoms with Crippen molar-refractivity contribution in [2.45, 2.75) is 12.7 Å². The summed E-state index contributed by atoms with van der Waals surface area (Å²) >= 11 is 1.83. The van der Waals surface area contributed by atoms with Gasteiger partial charge in [-0.05, 0) is 23.4 Å². The largest absolute Gasteiger partial charge is 0.480 e. The van der Waals surface area contributed by atoms with E-state index in [1.807, 2.05) is 23.9 Å². The molecule has 1 rings (SSSR count). The fourth-order valence-electron chi connectivity index (χ4n) is 1.47. The number of amides is 1. The maximum absolute atomic E-state index is 11.8. The number of carboxylic acids is 1. The highest BCUT2D eigenvalue weighted by atomic mass is 32.2. The van der Waals surface area contributed by atoms with Crippen LogP contribution in [0.5, 0.6) is 0 Å². The fourth-order valence-corrected chi connectivity index (χ4v) is 2.10. The first-order chi connectivity index (χ1) is 9.63. The summed E-state index contributed by atoms with van der Waals surface area (Å²) in [6.45, 7) is 2.24. The van der Waals surface area contributed by atoms with Crippen molar-refractivity contribution in [2.75, 3.05) is 25.5 Å². The lowest BCUT2D eigenvalue weighted by Crippen LogP contribution is -2.27. The Bertz CT molecular complexity index is 433. The summed E-state index contributed by atoms with van der Waals surface area (Å²) in [6, 6.07) is 7.47. The van der Waals surface area contributed by atoms with Gasteiger partial charge in [0.05, 0.1) is 6.61 Å². The Morgan fingerprint density at radius 2 is 2.00 bits per heavy atom. The molecule has 0 fully saturated rings. The highest BCUT2D eigenvalue weighted by Gasteiger charge is 2.05. The third kappa shape index (κ3) is 6.58. The quantitative estimate of drug-likeness (QED) is 0.679. The molecule has 5 nitrogen and oxygen atoms in total. The van der Waals surface area contributed by atoms with Crippen LogP contribution < -0.4 is 5.32 Å². The Morgan fingerprint density at radius 3 is 2.60 bits per heavy atom. The van der Waals surface area contributed by atoms with Gasteiger partial charge in [-0.1, -0.05) is 19.1 Å². The number of carbonyl (C=O) groups excluding carboxylic acids is 1. The lowest BCUT2D eigenvalue weighted by atomic mass is 10.1. The van der Waals surface area contributed by atoms with Crippen LogP contribution in [0.15, 0.2) is 24.3 Å². The molecular formula is C14H19NO4S. The fraction of sp³-hybridized carbons (Fsp3) is 0.429. The molecule has 0 unspecified atom stereocenters. The number of nitrogens with one attached hydrogen (secondary N) is 1. The smallest absolute Gasteiger partial charge is 0.329 e. The number of carbonyl (C=O) groups is 2. The maximum Gasteiger partial charge on any atom is 0.329 e. The zero-order valence-electron chi connectivity index (χ0n) is 11.4. The van der Waals surface area contributed by atoms with Gasteiger partial charge in [-0.25, -0.2) is 4.79 Å². The Kier molecular flexibility index (Phi) is 7.75. The molecule has 110 valence electrons. The maximum atomic E-state index is 11.8. The highest BCUT2D eigenvalue weighted by Crippen LogP contribution is 2.12. The van der Waals surface area contributed by atoms with E-state index >= 15 is 0 Å². The zero-order chi connectivity index (χ0) is 14.8. The summed E-state index contributed by atoms with van der Waals surface area (Å²) in [5.74, 6) is 0.815. The van der Waals surface area contributed by atoms with E-state index in [-0.39, 0.29) is 19.1 Å². The molecule has 0 heterocycles. The lowest BCUT2D eigenvalue weighted by Gasteiger charge is -2.06. The van der Waals surface area contributed by atoms with E-state index < -0.39 is 5.97 Å². The van der Waals surface area contributed by atoms with E-state index in [0.717, 1.165) is 11.5 Å². The zero-order valence-corrected chi connectivity index (χ0v) is 12.2. The van der Waals surface area contributed by atoms with Crippen LogP contribution in [0.4, 0.5) is 0 Å². The Balaban J connectivity index is 2.30. The van der Waals surface area contributed by atoms with E-state index in [2.05, 4.69) is 12.2 Å². The van der Waals surface area contributed by atoms with Crippen LogP contribution >= 0.6 is 11.8 Å². The molecule has 0 bridgehead atoms. The number of benzene rings is 1. The first-order valence-electron chi connectivity index (χ1n) is 6.38. The van der Waals surface area contributed by atoms with Crippen molar-refractivity contribution >= 4 is 23.6 Å². The normalized spacial score (nSPS) is 10.2. The van der Waals surface area contributed by atoms with Crippen molar-refractivity contribution in [1.29, 1.82) is 0 Å². The third-order valence-electron chi connectivity index (χ3n) is 2.45. The number of rotatable bonds is 9. The second-order valence-corrected chi connectivity index (χ2v) is 5.31. The first-order valence-corrected chi connectivity index (χ1v) is 7.53. The molecule has 0 saturated heterocycles. The van der Waals surface area contributed by atoms with Crippen molar-refractivity contribution in [3.63, 3.8) is 0 Å². The van der Waals surface area contributed by atoms with E-state index in [0.29, 0.717) is 12.1 Å². The van der Waals surface area contributed by atoms with Crippen molar-refractivity contribution < 1.29 is 19.4 Å². The summed E-state index contributed by atoms with van der Waals surface area (Å²) < 4.78 is 4.83. The predicted octanol–water partition coefficient (Wildman–Crippen LogP) is 1.77. The summed E-state index contributed by atoms with van der Waals surface area (Å²) in [5, 5.41) is 11.0. The van der Waals surface area contributed by atoms with Crippen LogP contribution in [0.1, 0.15) is 22.8 Å².